The molecule has 3 nitrogen and oxygen atoms in total. The molecule has 5 heteroatoms. The summed E-state index contributed by atoms with van der Waals surface area (Å²) in [5.74, 6) is 1.26. The molecule has 1 heterocycles. The van der Waals surface area contributed by atoms with Crippen LogP contribution in [0.3, 0.4) is 0 Å². The van der Waals surface area contributed by atoms with Crippen molar-refractivity contribution in [2.24, 2.45) is 0 Å². The fourth-order valence-corrected chi connectivity index (χ4v) is 8.62. The molecule has 1 saturated heterocycles. The Morgan fingerprint density at radius 1 is 1.17 bits per heavy atom. The lowest BCUT2D eigenvalue weighted by molar-refractivity contribution is 0.462. The van der Waals surface area contributed by atoms with E-state index >= 15 is 0 Å². The summed E-state index contributed by atoms with van der Waals surface area (Å²) in [4.78, 5) is 0. The molecule has 0 N–H and O–H groups in total. The number of hydrogen-bond acceptors (Lipinski definition) is 4. The lowest BCUT2D eigenvalue weighted by Gasteiger charge is -2.34. The maximum absolute atomic E-state index is 2.50. The first-order valence-corrected chi connectivity index (χ1v) is 7.36. The third-order valence-corrected chi connectivity index (χ3v) is 10.4. The topological polar surface area (TPSA) is 9.72 Å². The lowest BCUT2D eigenvalue weighted by Crippen LogP contribution is -2.32. The van der Waals surface area contributed by atoms with Gasteiger partial charge in [0.2, 0.25) is 0 Å². The second-order valence-corrected chi connectivity index (χ2v) is 9.64. The van der Waals surface area contributed by atoms with Crippen LogP contribution in [0.1, 0.15) is 0 Å². The molecule has 0 amide bonds. The van der Waals surface area contributed by atoms with Gasteiger partial charge in [-0.2, -0.15) is 0 Å². The Morgan fingerprint density at radius 3 is 1.83 bits per heavy atom. The minimum atomic E-state index is -1.17. The maximum Gasteiger partial charge on any atom is 0.290 e. The summed E-state index contributed by atoms with van der Waals surface area (Å²) in [5, 5.41) is 0. The zero-order chi connectivity index (χ0) is 9.35. The van der Waals surface area contributed by atoms with E-state index in [0.29, 0.717) is 0 Å². The molecule has 0 aromatic heterocycles. The summed E-state index contributed by atoms with van der Waals surface area (Å²) in [6, 6.07) is 0. The Kier molecular flexibility index (Phi) is 3.41. The SMILES string of the molecule is CN(C)[P+]1(N(C)C)SCCN1C. The van der Waals surface area contributed by atoms with Crippen LogP contribution in [0.15, 0.2) is 0 Å². The van der Waals surface area contributed by atoms with E-state index in [1.165, 1.54) is 12.3 Å². The number of rotatable bonds is 2. The molecular formula is C7H19N3PS+. The summed E-state index contributed by atoms with van der Waals surface area (Å²) in [7, 11) is 11.0. The zero-order valence-electron chi connectivity index (χ0n) is 8.61. The molecule has 1 fully saturated rings. The van der Waals surface area contributed by atoms with Gasteiger partial charge in [0, 0.05) is 41.8 Å². The van der Waals surface area contributed by atoms with Gasteiger partial charge in [0.25, 0.3) is 6.92 Å². The quantitative estimate of drug-likeness (QED) is 0.635. The summed E-state index contributed by atoms with van der Waals surface area (Å²) < 4.78 is 7.26. The van der Waals surface area contributed by atoms with E-state index in [0.717, 1.165) is 0 Å². The van der Waals surface area contributed by atoms with Crippen molar-refractivity contribution in [3.63, 3.8) is 0 Å². The second kappa shape index (κ2) is 3.81. The van der Waals surface area contributed by atoms with Crippen LogP contribution in [-0.4, -0.2) is 61.5 Å². The number of hydrogen-bond donors (Lipinski definition) is 0. The largest absolute Gasteiger partial charge is 0.290 e. The van der Waals surface area contributed by atoms with Gasteiger partial charge < -0.3 is 0 Å². The van der Waals surface area contributed by atoms with Crippen molar-refractivity contribution in [3.05, 3.63) is 0 Å². The van der Waals surface area contributed by atoms with E-state index in [2.05, 4.69) is 60.6 Å². The van der Waals surface area contributed by atoms with Crippen LogP contribution in [0.4, 0.5) is 0 Å². The molecule has 0 atom stereocenters. The standard InChI is InChI=1S/C7H19N3PS/c1-8(2)11(9(3)4)10(5)6-7-12-11/h6-7H2,1-5H3/q+1. The maximum atomic E-state index is 2.50. The van der Waals surface area contributed by atoms with Crippen molar-refractivity contribution in [2.45, 2.75) is 0 Å². The molecule has 1 aliphatic heterocycles. The smallest absolute Gasteiger partial charge is 0.145 e. The monoisotopic (exact) mass is 208 g/mol. The molecule has 12 heavy (non-hydrogen) atoms. The van der Waals surface area contributed by atoms with E-state index in [-0.39, 0.29) is 0 Å². The summed E-state index contributed by atoms with van der Waals surface area (Å²) in [6.45, 7) is 0.0519. The average Bonchev–Trinajstić information content (AvgIpc) is 2.31. The van der Waals surface area contributed by atoms with Gasteiger partial charge in [-0.05, 0) is 0 Å². The van der Waals surface area contributed by atoms with Gasteiger partial charge in [-0.1, -0.05) is 0 Å². The minimum absolute atomic E-state index is 1.17. The highest BCUT2D eigenvalue weighted by atomic mass is 32.7. The molecule has 0 unspecified atom stereocenters. The van der Waals surface area contributed by atoms with Gasteiger partial charge in [0.05, 0.1) is 17.1 Å². The molecule has 0 radical (unpaired) electrons. The van der Waals surface area contributed by atoms with Crippen LogP contribution < -0.4 is 0 Å². The second-order valence-electron chi connectivity index (χ2n) is 3.42. The molecule has 0 aliphatic carbocycles. The van der Waals surface area contributed by atoms with Crippen LogP contribution in [0.25, 0.3) is 0 Å². The Balaban J connectivity index is 2.85. The third-order valence-electron chi connectivity index (χ3n) is 2.17. The fourth-order valence-electron chi connectivity index (χ4n) is 1.72. The van der Waals surface area contributed by atoms with Gasteiger partial charge in [-0.15, -0.1) is 14.0 Å². The van der Waals surface area contributed by atoms with Crippen LogP contribution in [0.5, 0.6) is 0 Å². The van der Waals surface area contributed by atoms with Crippen LogP contribution in [0, 0.1) is 0 Å². The minimum Gasteiger partial charge on any atom is -0.145 e. The molecule has 0 spiro atoms. The van der Waals surface area contributed by atoms with E-state index in [1.807, 2.05) is 0 Å². The fraction of sp³-hybridized carbons (Fsp3) is 1.00. The van der Waals surface area contributed by atoms with Gasteiger partial charge >= 0.3 is 0 Å². The Labute approximate surface area is 80.3 Å². The molecular weight excluding hydrogens is 189 g/mol. The zero-order valence-corrected chi connectivity index (χ0v) is 10.3. The summed E-state index contributed by atoms with van der Waals surface area (Å²) >= 11 is 2.10. The average molecular weight is 208 g/mol. The molecule has 0 saturated carbocycles. The van der Waals surface area contributed by atoms with Crippen molar-refractivity contribution in [1.29, 1.82) is 0 Å². The molecule has 1 rings (SSSR count). The Morgan fingerprint density at radius 2 is 1.67 bits per heavy atom. The van der Waals surface area contributed by atoms with Crippen molar-refractivity contribution in [2.75, 3.05) is 47.5 Å². The highest BCUT2D eigenvalue weighted by Crippen LogP contribution is 2.77. The van der Waals surface area contributed by atoms with E-state index < -0.39 is 6.92 Å². The summed E-state index contributed by atoms with van der Waals surface area (Å²) in [6.07, 6.45) is 0. The highest BCUT2D eigenvalue weighted by molar-refractivity contribution is 8.60. The predicted octanol–water partition coefficient (Wildman–Crippen LogP) is 1.47. The van der Waals surface area contributed by atoms with Crippen LogP contribution >= 0.6 is 18.3 Å². The van der Waals surface area contributed by atoms with Gasteiger partial charge in [-0.3, -0.25) is 0 Å². The molecule has 1 aliphatic rings. The van der Waals surface area contributed by atoms with Crippen LogP contribution in [0.2, 0.25) is 0 Å². The predicted molar refractivity (Wildman–Crippen MR) is 59.4 cm³/mol. The van der Waals surface area contributed by atoms with Crippen molar-refractivity contribution in [1.82, 2.24) is 14.0 Å². The highest BCUT2D eigenvalue weighted by Gasteiger charge is 2.54. The van der Waals surface area contributed by atoms with E-state index in [4.69, 9.17) is 0 Å². The Bertz CT molecular complexity index is 155. The van der Waals surface area contributed by atoms with Crippen molar-refractivity contribution >= 4 is 18.3 Å². The van der Waals surface area contributed by atoms with Crippen LogP contribution in [-0.2, 0) is 0 Å². The van der Waals surface area contributed by atoms with Gasteiger partial charge in [-0.25, -0.2) is 0 Å². The molecule has 0 bridgehead atoms. The first-order valence-electron chi connectivity index (χ1n) is 4.12. The lowest BCUT2D eigenvalue weighted by atomic mass is 10.8. The van der Waals surface area contributed by atoms with Crippen molar-refractivity contribution in [3.8, 4) is 0 Å². The van der Waals surface area contributed by atoms with Crippen molar-refractivity contribution < 1.29 is 0 Å². The molecule has 0 aromatic carbocycles. The normalized spacial score (nSPS) is 24.2. The van der Waals surface area contributed by atoms with Gasteiger partial charge in [0.1, 0.15) is 0 Å². The van der Waals surface area contributed by atoms with Gasteiger partial charge in [0.15, 0.2) is 0 Å². The Hall–Kier alpha value is 0.660. The van der Waals surface area contributed by atoms with E-state index in [9.17, 15) is 0 Å². The first-order chi connectivity index (χ1) is 5.51. The molecule has 0 aromatic rings. The number of nitrogens with zero attached hydrogens (tertiary/aromatic N) is 3. The van der Waals surface area contributed by atoms with E-state index in [1.54, 1.807) is 0 Å². The molecule has 72 valence electrons. The summed E-state index contributed by atoms with van der Waals surface area (Å²) in [5.41, 5.74) is 0. The third kappa shape index (κ3) is 1.51. The first kappa shape index (κ1) is 10.7.